The van der Waals surface area contributed by atoms with Crippen LogP contribution in [0.5, 0.6) is 0 Å². The Morgan fingerprint density at radius 2 is 0.931 bits per heavy atom. The van der Waals surface area contributed by atoms with E-state index in [1.165, 1.54) is 103 Å². The number of fused-ring (bicyclic) bond motifs is 5. The third-order valence-electron chi connectivity index (χ3n) is 13.8. The summed E-state index contributed by atoms with van der Waals surface area (Å²) in [6.45, 7) is 18.4. The van der Waals surface area contributed by atoms with Gasteiger partial charge in [-0.15, -0.1) is 0 Å². The minimum absolute atomic E-state index is 0.0807. The molecular formula is C54H55Cl2HfSi. The van der Waals surface area contributed by atoms with Crippen molar-refractivity contribution in [2.75, 3.05) is 0 Å². The Morgan fingerprint density at radius 1 is 0.500 bits per heavy atom. The molecule has 2 unspecified atom stereocenters. The summed E-state index contributed by atoms with van der Waals surface area (Å²) in [5.41, 5.74) is 21.3. The Bertz CT molecular complexity index is 2580. The molecule has 0 radical (unpaired) electrons. The zero-order valence-electron chi connectivity index (χ0n) is 35.3. The first-order valence-electron chi connectivity index (χ1n) is 21.4. The molecule has 0 saturated carbocycles. The number of hydrogen-bond donors (Lipinski definition) is 0. The van der Waals surface area contributed by atoms with E-state index < -0.39 is 25.7 Å². The maximum atomic E-state index is 9.41. The average molecular weight is 982 g/mol. The summed E-state index contributed by atoms with van der Waals surface area (Å²) in [5.74, 6) is 0.887. The summed E-state index contributed by atoms with van der Waals surface area (Å²) in [7, 11) is 18.0. The molecule has 6 aromatic rings. The van der Waals surface area contributed by atoms with Gasteiger partial charge in [-0.25, -0.2) is 0 Å². The Hall–Kier alpha value is -3.53. The molecule has 3 aliphatic rings. The maximum absolute atomic E-state index is 9.41. The van der Waals surface area contributed by atoms with Crippen molar-refractivity contribution in [3.8, 4) is 33.4 Å². The Balaban J connectivity index is 1.39. The van der Waals surface area contributed by atoms with Crippen molar-refractivity contribution >= 4 is 52.5 Å². The van der Waals surface area contributed by atoms with Gasteiger partial charge < -0.3 is 0 Å². The summed E-state index contributed by atoms with van der Waals surface area (Å²) in [5, 5.41) is 2.98. The van der Waals surface area contributed by atoms with Gasteiger partial charge in [0.1, 0.15) is 0 Å². The van der Waals surface area contributed by atoms with Gasteiger partial charge in [-0.1, -0.05) is 0 Å². The summed E-state index contributed by atoms with van der Waals surface area (Å²) >= 11 is -5.83. The molecule has 0 nitrogen and oxygen atoms in total. The van der Waals surface area contributed by atoms with Crippen LogP contribution in [0.15, 0.2) is 126 Å². The quantitative estimate of drug-likeness (QED) is 0.126. The number of hydrogen-bond acceptors (Lipinski definition) is 0. The van der Waals surface area contributed by atoms with Crippen LogP contribution in [0.3, 0.4) is 0 Å². The van der Waals surface area contributed by atoms with Crippen molar-refractivity contribution in [1.29, 1.82) is 0 Å². The molecule has 6 aromatic carbocycles. The normalized spacial score (nSPS) is 17.8. The van der Waals surface area contributed by atoms with Gasteiger partial charge in [0, 0.05) is 0 Å². The van der Waals surface area contributed by atoms with Gasteiger partial charge in [-0.2, -0.15) is 0 Å². The Labute approximate surface area is 357 Å². The Morgan fingerprint density at radius 3 is 1.45 bits per heavy atom. The molecule has 4 heteroatoms. The van der Waals surface area contributed by atoms with Crippen LogP contribution in [0, 0.1) is 39.5 Å². The van der Waals surface area contributed by atoms with Crippen molar-refractivity contribution in [2.24, 2.45) is 11.8 Å². The van der Waals surface area contributed by atoms with Crippen LogP contribution in [-0.4, -0.2) is 9.52 Å². The van der Waals surface area contributed by atoms with Crippen molar-refractivity contribution in [1.82, 2.24) is 0 Å². The predicted molar refractivity (Wildman–Crippen MR) is 254 cm³/mol. The van der Waals surface area contributed by atoms with Crippen molar-refractivity contribution in [3.05, 3.63) is 171 Å². The standard InChI is InChI=1S/2C21H23.C12H9Si.2ClH.Hf/c2*1-14(2)11-17-12-18-8-6-10-20(21(18)13-17)19-9-5-7-15(3)16(19)4;1-3-7-11-9(5-1)10-6-2-4-8-12(10)13-11;;;/h2*5-10,12-14H,11H2,1-4H3;1-7H,13H2;2*1H;/q;;;;;+2/p-2. The van der Waals surface area contributed by atoms with Gasteiger partial charge in [0.15, 0.2) is 0 Å². The zero-order chi connectivity index (χ0) is 40.7. The first-order valence-corrected chi connectivity index (χ1v) is 37.6. The molecule has 0 spiro atoms. The molecule has 1 heterocycles. The van der Waals surface area contributed by atoms with Crippen molar-refractivity contribution in [2.45, 2.75) is 75.6 Å². The molecule has 9 rings (SSSR count). The molecule has 293 valence electrons. The van der Waals surface area contributed by atoms with E-state index in [9.17, 15) is 17.2 Å². The Kier molecular flexibility index (Phi) is 10.2. The van der Waals surface area contributed by atoms with E-state index in [1.54, 1.807) is 0 Å². The van der Waals surface area contributed by atoms with Gasteiger partial charge in [-0.3, -0.25) is 0 Å². The molecular weight excluding hydrogens is 926 g/mol. The van der Waals surface area contributed by atoms with Crippen LogP contribution < -0.4 is 13.7 Å². The van der Waals surface area contributed by atoms with Crippen LogP contribution >= 0.6 is 17.2 Å². The number of allylic oxidation sites excluding steroid dienone is 2. The van der Waals surface area contributed by atoms with E-state index in [-0.39, 0.29) is 7.35 Å². The van der Waals surface area contributed by atoms with Gasteiger partial charge in [-0.05, 0) is 0 Å². The number of aryl methyl sites for hydroxylation is 2. The molecule has 0 bridgehead atoms. The molecule has 0 fully saturated rings. The van der Waals surface area contributed by atoms with Crippen LogP contribution in [-0.2, 0) is 16.1 Å². The SMILES string of the molecule is Cc1cccc(-c2cccc3c2C=C(CC(C)C)[CH]3[Hf]([Cl])([Cl])([c]2cccc3c2[SiH2]c2ccccc2-3)[CH]2C(CC(C)C)=Cc3c(-c4cccc(C)c4C)cccc32)c1C. The third kappa shape index (κ3) is 6.22. The van der Waals surface area contributed by atoms with E-state index >= 15 is 0 Å². The third-order valence-corrected chi connectivity index (χ3v) is 45.5. The van der Waals surface area contributed by atoms with Crippen LogP contribution in [0.25, 0.3) is 45.5 Å². The number of benzene rings is 6. The second-order valence-corrected chi connectivity index (χ2v) is 49.5. The minimum atomic E-state index is -5.83. The van der Waals surface area contributed by atoms with Gasteiger partial charge in [0.2, 0.25) is 0 Å². The fourth-order valence-electron chi connectivity index (χ4n) is 11.1. The fourth-order valence-corrected chi connectivity index (χ4v) is 50.0. The monoisotopic (exact) mass is 981 g/mol. The van der Waals surface area contributed by atoms with E-state index in [1.807, 2.05) is 0 Å². The second-order valence-electron chi connectivity index (χ2n) is 18.4. The first-order chi connectivity index (χ1) is 27.8. The van der Waals surface area contributed by atoms with Crippen LogP contribution in [0.2, 0.25) is 0 Å². The summed E-state index contributed by atoms with van der Waals surface area (Å²) in [6, 6.07) is 43.6. The summed E-state index contributed by atoms with van der Waals surface area (Å²) in [6.07, 6.45) is 6.99. The zero-order valence-corrected chi connectivity index (χ0v) is 41.8. The van der Waals surface area contributed by atoms with Crippen molar-refractivity contribution < 1.29 is 16.1 Å². The van der Waals surface area contributed by atoms with E-state index in [4.69, 9.17) is 0 Å². The predicted octanol–water partition coefficient (Wildman–Crippen LogP) is 13.3. The molecule has 0 aromatic heterocycles. The van der Waals surface area contributed by atoms with Gasteiger partial charge in [0.25, 0.3) is 0 Å². The summed E-state index contributed by atoms with van der Waals surface area (Å²) in [4.78, 5) is 0. The number of rotatable bonds is 9. The molecule has 1 aliphatic heterocycles. The second kappa shape index (κ2) is 14.9. The number of halogens is 2. The molecule has 0 N–H and O–H groups in total. The first kappa shape index (κ1) is 39.9. The van der Waals surface area contributed by atoms with Gasteiger partial charge >= 0.3 is 360 Å². The van der Waals surface area contributed by atoms with Gasteiger partial charge in [0.05, 0.1) is 0 Å². The van der Waals surface area contributed by atoms with Crippen molar-refractivity contribution in [3.63, 3.8) is 0 Å². The molecule has 0 amide bonds. The van der Waals surface area contributed by atoms with E-state index in [0.29, 0.717) is 11.8 Å². The van der Waals surface area contributed by atoms with Crippen LogP contribution in [0.4, 0.5) is 0 Å². The summed E-state index contributed by atoms with van der Waals surface area (Å²) < 4.78 is 1.15. The fraction of sp³-hybridized carbons (Fsp3) is 0.259. The van der Waals surface area contributed by atoms with E-state index in [2.05, 4.69) is 183 Å². The molecule has 2 atom stereocenters. The molecule has 0 saturated heterocycles. The average Bonchev–Trinajstić information content (AvgIpc) is 3.88. The topological polar surface area (TPSA) is 0 Å². The van der Waals surface area contributed by atoms with E-state index in [0.717, 1.165) is 12.8 Å². The molecule has 2 aliphatic carbocycles. The molecule has 58 heavy (non-hydrogen) atoms. The van der Waals surface area contributed by atoms with Crippen LogP contribution in [0.1, 0.15) is 92.4 Å².